The predicted molar refractivity (Wildman–Crippen MR) is 128 cm³/mol. The second-order valence-corrected chi connectivity index (χ2v) is 9.26. The molecule has 3 rings (SSSR count). The number of hydrogen-bond donors (Lipinski definition) is 1. The van der Waals surface area contributed by atoms with E-state index in [9.17, 15) is 9.90 Å². The summed E-state index contributed by atoms with van der Waals surface area (Å²) in [5.74, 6) is 1.93. The molecule has 1 aromatic carbocycles. The second kappa shape index (κ2) is 15.2. The fraction of sp³-hybridized carbons (Fsp3) is 0.385. The molecule has 1 radical (unpaired) electrons. The molecule has 1 N–H and O–H groups in total. The van der Waals surface area contributed by atoms with Crippen LogP contribution in [0.3, 0.4) is 0 Å². The van der Waals surface area contributed by atoms with Crippen molar-refractivity contribution in [3.8, 4) is 11.6 Å². The molecule has 0 saturated carbocycles. The predicted octanol–water partition coefficient (Wildman–Crippen LogP) is 6.75. The Morgan fingerprint density at radius 1 is 1.09 bits per heavy atom. The molecule has 0 spiro atoms. The van der Waals surface area contributed by atoms with Gasteiger partial charge >= 0.3 is 99.1 Å². The molecule has 0 aliphatic carbocycles. The van der Waals surface area contributed by atoms with Gasteiger partial charge in [-0.1, -0.05) is 27.7 Å². The van der Waals surface area contributed by atoms with Crippen LogP contribution >= 0.6 is 0 Å². The van der Waals surface area contributed by atoms with E-state index >= 15 is 0 Å². The molecule has 3 aromatic rings. The van der Waals surface area contributed by atoms with Gasteiger partial charge in [0.2, 0.25) is 0 Å². The van der Waals surface area contributed by atoms with Gasteiger partial charge in [0, 0.05) is 38.0 Å². The van der Waals surface area contributed by atoms with Crippen molar-refractivity contribution in [1.82, 2.24) is 4.98 Å². The van der Waals surface area contributed by atoms with Crippen LogP contribution in [0.2, 0.25) is 0 Å². The molecule has 0 saturated heterocycles. The van der Waals surface area contributed by atoms with Crippen molar-refractivity contribution in [1.29, 1.82) is 0 Å². The first-order chi connectivity index (χ1) is 15.0. The van der Waals surface area contributed by atoms with Crippen molar-refractivity contribution >= 4 is 29.9 Å². The molecule has 2 heterocycles. The molecule has 0 bridgehead atoms. The average molecular weight is 678 g/mol. The third-order valence-corrected chi connectivity index (χ3v) is 7.16. The fourth-order valence-electron chi connectivity index (χ4n) is 3.27. The molecule has 0 atom stereocenters. The molecule has 175 valence electrons. The number of nitrogens with zero attached hydrogens (tertiary/aromatic N) is 1. The van der Waals surface area contributed by atoms with E-state index in [0.29, 0.717) is 26.1 Å². The van der Waals surface area contributed by atoms with Crippen LogP contribution in [-0.2, 0) is 24.9 Å². The monoisotopic (exact) mass is 679 g/mol. The number of aliphatic hydroxyl groups is 1. The summed E-state index contributed by atoms with van der Waals surface area (Å²) >= 11 is 0.427. The van der Waals surface area contributed by atoms with Gasteiger partial charge in [-0.15, -0.1) is 0 Å². The first-order valence-corrected chi connectivity index (χ1v) is 12.8. The van der Waals surface area contributed by atoms with Crippen molar-refractivity contribution in [2.45, 2.75) is 53.4 Å². The van der Waals surface area contributed by atoms with Crippen LogP contribution in [0.1, 0.15) is 53.4 Å². The Morgan fingerprint density at radius 2 is 1.78 bits per heavy atom. The summed E-state index contributed by atoms with van der Waals surface area (Å²) in [5, 5.41) is 10.9. The van der Waals surface area contributed by atoms with Gasteiger partial charge < -0.3 is 5.11 Å². The molecule has 2 aromatic heterocycles. The number of hydrogen-bond acceptors (Lipinski definition) is 4. The normalized spacial score (nSPS) is 11.1. The van der Waals surface area contributed by atoms with Gasteiger partial charge in [0.15, 0.2) is 5.78 Å². The first-order valence-electron chi connectivity index (χ1n) is 10.9. The van der Waals surface area contributed by atoms with E-state index in [-0.39, 0.29) is 43.5 Å². The van der Waals surface area contributed by atoms with Gasteiger partial charge in [-0.3, -0.25) is 4.79 Å². The molecule has 0 aliphatic heterocycles. The molecule has 0 aliphatic rings. The van der Waals surface area contributed by atoms with Crippen LogP contribution in [0.4, 0.5) is 0 Å². The number of benzene rings is 1. The van der Waals surface area contributed by atoms with Crippen molar-refractivity contribution in [3.63, 3.8) is 0 Å². The van der Waals surface area contributed by atoms with Crippen LogP contribution < -0.4 is 4.74 Å². The quantitative estimate of drug-likeness (QED) is 0.118. The van der Waals surface area contributed by atoms with Gasteiger partial charge in [-0.2, -0.15) is 0 Å². The molecular weight excluding hydrogens is 645 g/mol. The Morgan fingerprint density at radius 3 is 2.38 bits per heavy atom. The number of aromatic nitrogens is 1. The molecule has 0 fully saturated rings. The Labute approximate surface area is 211 Å². The Hall–Kier alpha value is -1.71. The number of carbonyl (C=O) groups is 1. The SMILES string of the molecule is CCC(CC)C(=O)/C=C(\O)C(CC)CC.[Ir].[c-]1ccccc1Oc1nccc2[se]ccc12. The van der Waals surface area contributed by atoms with Gasteiger partial charge in [-0.05, 0) is 25.7 Å². The zero-order valence-electron chi connectivity index (χ0n) is 19.1. The van der Waals surface area contributed by atoms with Crippen LogP contribution in [0.25, 0.3) is 9.65 Å². The summed E-state index contributed by atoms with van der Waals surface area (Å²) in [4.78, 5) is 18.2. The minimum atomic E-state index is 0. The summed E-state index contributed by atoms with van der Waals surface area (Å²) < 4.78 is 7.04. The van der Waals surface area contributed by atoms with E-state index in [1.807, 2.05) is 52.0 Å². The number of para-hydroxylation sites is 1. The topological polar surface area (TPSA) is 59.4 Å². The molecule has 6 heteroatoms. The van der Waals surface area contributed by atoms with E-state index in [1.165, 1.54) is 10.3 Å². The average Bonchev–Trinajstić information content (AvgIpc) is 3.27. The van der Waals surface area contributed by atoms with Crippen molar-refractivity contribution in [2.75, 3.05) is 0 Å². The van der Waals surface area contributed by atoms with Crippen molar-refractivity contribution in [3.05, 3.63) is 65.4 Å². The molecular formula is C26H32IrNO3Se-. The Kier molecular flexibility index (Phi) is 13.4. The van der Waals surface area contributed by atoms with Crippen LogP contribution in [0.15, 0.2) is 59.4 Å². The number of carbonyl (C=O) groups excluding carboxylic acids is 1. The van der Waals surface area contributed by atoms with E-state index < -0.39 is 0 Å². The fourth-order valence-corrected chi connectivity index (χ4v) is 4.89. The van der Waals surface area contributed by atoms with E-state index in [0.717, 1.165) is 31.1 Å². The molecule has 0 amide bonds. The number of fused-ring (bicyclic) bond motifs is 1. The number of ether oxygens (including phenoxy) is 1. The summed E-state index contributed by atoms with van der Waals surface area (Å²) in [5.41, 5.74) is 0. The molecule has 0 unspecified atom stereocenters. The third-order valence-electron chi connectivity index (χ3n) is 5.31. The van der Waals surface area contributed by atoms with Crippen LogP contribution in [-0.4, -0.2) is 30.4 Å². The van der Waals surface area contributed by atoms with E-state index in [4.69, 9.17) is 4.74 Å². The van der Waals surface area contributed by atoms with E-state index in [2.05, 4.69) is 28.1 Å². The van der Waals surface area contributed by atoms with Crippen molar-refractivity contribution in [2.24, 2.45) is 11.8 Å². The summed E-state index contributed by atoms with van der Waals surface area (Å²) in [6.07, 6.45) is 6.70. The standard InChI is InChI=1S/C13H8NOSe.C13H24O2.Ir/c1-2-4-10(5-3-1)15-13-11-7-9-16-12(11)6-8-14-13;1-5-10(6-2)12(14)9-13(15)11(7-3)8-4;/h1-4,6-9H;9-11,14H,5-8H2,1-4H3;/q-1;;/b;12-9-;. The summed E-state index contributed by atoms with van der Waals surface area (Å²) in [7, 11) is 0. The zero-order valence-corrected chi connectivity index (χ0v) is 23.2. The van der Waals surface area contributed by atoms with Gasteiger partial charge in [0.25, 0.3) is 0 Å². The van der Waals surface area contributed by atoms with Crippen LogP contribution in [0, 0.1) is 17.9 Å². The van der Waals surface area contributed by atoms with Crippen LogP contribution in [0.5, 0.6) is 11.6 Å². The maximum absolute atomic E-state index is 11.7. The maximum atomic E-state index is 11.7. The summed E-state index contributed by atoms with van der Waals surface area (Å²) in [6.45, 7) is 8.07. The number of ketones is 1. The molecule has 32 heavy (non-hydrogen) atoms. The van der Waals surface area contributed by atoms with Gasteiger partial charge in [0.05, 0.1) is 5.76 Å². The second-order valence-electron chi connectivity index (χ2n) is 7.28. The number of aliphatic hydroxyl groups excluding tert-OH is 1. The van der Waals surface area contributed by atoms with Crippen molar-refractivity contribution < 1.29 is 34.7 Å². The van der Waals surface area contributed by atoms with Gasteiger partial charge in [-0.25, -0.2) is 0 Å². The zero-order chi connectivity index (χ0) is 22.6. The minimum absolute atomic E-state index is 0. The number of rotatable bonds is 9. The first kappa shape index (κ1) is 28.3. The number of allylic oxidation sites excluding steroid dienone is 2. The summed E-state index contributed by atoms with van der Waals surface area (Å²) in [6, 6.07) is 14.7. The number of pyridine rings is 1. The van der Waals surface area contributed by atoms with Gasteiger partial charge in [0.1, 0.15) is 0 Å². The Balaban J connectivity index is 0.000000312. The Bertz CT molecular complexity index is 963. The third kappa shape index (κ3) is 8.33. The van der Waals surface area contributed by atoms with E-state index in [1.54, 1.807) is 6.20 Å². The molecule has 4 nitrogen and oxygen atoms in total.